The zero-order valence-corrected chi connectivity index (χ0v) is 24.2. The van der Waals surface area contributed by atoms with Crippen LogP contribution in [0.15, 0.2) is 78.9 Å². The van der Waals surface area contributed by atoms with Gasteiger partial charge < -0.3 is 25.4 Å². The molecule has 1 spiro atoms. The van der Waals surface area contributed by atoms with E-state index in [1.165, 1.54) is 4.90 Å². The van der Waals surface area contributed by atoms with Crippen LogP contribution in [0.1, 0.15) is 48.1 Å². The van der Waals surface area contributed by atoms with Gasteiger partial charge in [-0.05, 0) is 55.9 Å². The molecule has 3 heterocycles. The second-order valence-electron chi connectivity index (χ2n) is 12.0. The highest BCUT2D eigenvalue weighted by Crippen LogP contribution is 2.64. The molecule has 42 heavy (non-hydrogen) atoms. The van der Waals surface area contributed by atoms with Crippen molar-refractivity contribution in [2.75, 3.05) is 11.9 Å². The maximum absolute atomic E-state index is 14.6. The molecule has 0 aromatic heterocycles. The van der Waals surface area contributed by atoms with E-state index in [0.29, 0.717) is 30.6 Å². The van der Waals surface area contributed by atoms with Gasteiger partial charge in [0, 0.05) is 12.2 Å². The lowest BCUT2D eigenvalue weighted by Gasteiger charge is -2.37. The van der Waals surface area contributed by atoms with E-state index in [4.69, 9.17) is 4.74 Å². The molecule has 3 fully saturated rings. The van der Waals surface area contributed by atoms with Crippen molar-refractivity contribution < 1.29 is 24.2 Å². The van der Waals surface area contributed by atoms with Crippen LogP contribution in [-0.2, 0) is 25.7 Å². The molecule has 2 bridgehead atoms. The Bertz CT molecular complexity index is 1490. The number of carbonyl (C=O) groups is 3. The molecule has 3 aliphatic rings. The summed E-state index contributed by atoms with van der Waals surface area (Å²) in [7, 11) is 0. The maximum Gasteiger partial charge on any atom is 0.250 e. The third-order valence-corrected chi connectivity index (χ3v) is 9.48. The first-order valence-corrected chi connectivity index (χ1v) is 14.6. The third-order valence-electron chi connectivity index (χ3n) is 9.48. The fourth-order valence-electron chi connectivity index (χ4n) is 7.53. The minimum atomic E-state index is -1.20. The molecule has 3 aliphatic heterocycles. The summed E-state index contributed by atoms with van der Waals surface area (Å²) in [5, 5.41) is 16.8. The Morgan fingerprint density at radius 1 is 0.952 bits per heavy atom. The zero-order valence-electron chi connectivity index (χ0n) is 24.2. The van der Waals surface area contributed by atoms with Gasteiger partial charge in [-0.3, -0.25) is 14.4 Å². The number of benzene rings is 3. The van der Waals surface area contributed by atoms with E-state index < -0.39 is 35.1 Å². The normalized spacial score (nSPS) is 28.4. The van der Waals surface area contributed by atoms with Gasteiger partial charge in [0.1, 0.15) is 11.6 Å². The Morgan fingerprint density at radius 2 is 1.60 bits per heavy atom. The Hall–Kier alpha value is -4.01. The number of aryl methyl sites for hydroxylation is 2. The van der Waals surface area contributed by atoms with Gasteiger partial charge >= 0.3 is 0 Å². The molecule has 3 aromatic rings. The number of hydrogen-bond acceptors (Lipinski definition) is 5. The smallest absolute Gasteiger partial charge is 0.250 e. The van der Waals surface area contributed by atoms with Crippen molar-refractivity contribution in [2.45, 2.75) is 63.4 Å². The topological polar surface area (TPSA) is 108 Å². The largest absolute Gasteiger partial charge is 0.394 e. The van der Waals surface area contributed by atoms with Crippen LogP contribution in [0.3, 0.4) is 0 Å². The molecule has 0 radical (unpaired) electrons. The van der Waals surface area contributed by atoms with Crippen LogP contribution in [0.4, 0.5) is 5.69 Å². The fourth-order valence-corrected chi connectivity index (χ4v) is 7.53. The van der Waals surface area contributed by atoms with E-state index in [9.17, 15) is 19.5 Å². The summed E-state index contributed by atoms with van der Waals surface area (Å²) >= 11 is 0. The summed E-state index contributed by atoms with van der Waals surface area (Å²) in [6.45, 7) is 5.67. The molecule has 218 valence electrons. The van der Waals surface area contributed by atoms with Gasteiger partial charge in [0.05, 0.1) is 30.1 Å². The van der Waals surface area contributed by atoms with E-state index in [2.05, 4.69) is 10.6 Å². The first kappa shape index (κ1) is 28.1. The second kappa shape index (κ2) is 10.7. The van der Waals surface area contributed by atoms with Crippen molar-refractivity contribution in [1.82, 2.24) is 10.2 Å². The predicted octanol–water partition coefficient (Wildman–Crippen LogP) is 4.06. The van der Waals surface area contributed by atoms with Gasteiger partial charge in [-0.15, -0.1) is 0 Å². The number of rotatable bonds is 8. The molecule has 3 N–H and O–H groups in total. The van der Waals surface area contributed by atoms with Gasteiger partial charge in [-0.1, -0.05) is 78.9 Å². The molecule has 0 aliphatic carbocycles. The maximum atomic E-state index is 14.6. The van der Waals surface area contributed by atoms with Crippen LogP contribution in [0, 0.1) is 25.7 Å². The van der Waals surface area contributed by atoms with E-state index in [0.717, 1.165) is 16.7 Å². The molecule has 8 heteroatoms. The molecular formula is C34H37N3O5. The van der Waals surface area contributed by atoms with Gasteiger partial charge in [0.15, 0.2) is 0 Å². The highest BCUT2D eigenvalue weighted by molar-refractivity contribution is 6.04. The van der Waals surface area contributed by atoms with Crippen LogP contribution in [0.2, 0.25) is 0 Å². The molecule has 6 atom stereocenters. The standard InChI is InChI=1S/C34H37N3O5/c1-21-11-10-12-22(2)28(21)36-31(40)29-34-18-17-33(3,42-34)26(30(39)35-19-23-13-6-4-7-14-23)27(34)32(41)37(29)25(20-38)24-15-8-5-9-16-24/h4-16,25-27,29,38H,17-20H2,1-3H3,(H,35,39)(H,36,40)/t25-,26+,27+,29?,33-,34?/m1/s1. The Balaban J connectivity index is 1.40. The predicted molar refractivity (Wildman–Crippen MR) is 158 cm³/mol. The molecule has 0 saturated carbocycles. The first-order chi connectivity index (χ1) is 20.2. The van der Waals surface area contributed by atoms with Crippen LogP contribution in [0.25, 0.3) is 0 Å². The number of nitrogens with one attached hydrogen (secondary N) is 2. The van der Waals surface area contributed by atoms with Crippen LogP contribution in [-0.4, -0.2) is 51.6 Å². The van der Waals surface area contributed by atoms with E-state index in [-0.39, 0.29) is 24.3 Å². The average Bonchev–Trinajstić information content (AvgIpc) is 3.56. The molecule has 3 aromatic carbocycles. The Labute approximate surface area is 246 Å². The first-order valence-electron chi connectivity index (χ1n) is 14.6. The number of fused-ring (bicyclic) bond motifs is 1. The van der Waals surface area contributed by atoms with Crippen molar-refractivity contribution >= 4 is 23.4 Å². The van der Waals surface area contributed by atoms with Gasteiger partial charge in [0.2, 0.25) is 17.7 Å². The molecule has 3 amide bonds. The molecule has 6 rings (SSSR count). The second-order valence-corrected chi connectivity index (χ2v) is 12.0. The van der Waals surface area contributed by atoms with Crippen molar-refractivity contribution in [3.8, 4) is 0 Å². The van der Waals surface area contributed by atoms with E-state index in [1.54, 1.807) is 0 Å². The summed E-state index contributed by atoms with van der Waals surface area (Å²) in [5.74, 6) is -2.64. The van der Waals surface area contributed by atoms with Crippen molar-refractivity contribution in [1.29, 1.82) is 0 Å². The zero-order chi connectivity index (χ0) is 29.6. The Kier molecular flexibility index (Phi) is 7.15. The number of para-hydroxylation sites is 1. The Morgan fingerprint density at radius 3 is 2.24 bits per heavy atom. The lowest BCUT2D eigenvalue weighted by atomic mass is 9.66. The molecular weight excluding hydrogens is 530 g/mol. The summed E-state index contributed by atoms with van der Waals surface area (Å²) in [6, 6.07) is 22.8. The van der Waals surface area contributed by atoms with E-state index >= 15 is 0 Å². The number of amides is 3. The number of likely N-dealkylation sites (tertiary alicyclic amines) is 1. The average molecular weight is 568 g/mol. The molecule has 8 nitrogen and oxygen atoms in total. The summed E-state index contributed by atoms with van der Waals surface area (Å²) in [4.78, 5) is 44.3. The van der Waals surface area contributed by atoms with Crippen LogP contribution >= 0.6 is 0 Å². The van der Waals surface area contributed by atoms with Crippen molar-refractivity contribution in [2.24, 2.45) is 11.8 Å². The van der Waals surface area contributed by atoms with Gasteiger partial charge in [-0.25, -0.2) is 0 Å². The van der Waals surface area contributed by atoms with Gasteiger partial charge in [0.25, 0.3) is 0 Å². The minimum absolute atomic E-state index is 0.266. The summed E-state index contributed by atoms with van der Waals surface area (Å²) < 4.78 is 6.75. The SMILES string of the molecule is Cc1cccc(C)c1NC(=O)C1N([C@H](CO)c2ccccc2)C(=O)[C@@H]2[C@@H](C(=O)NCc3ccccc3)[C@@]3(C)CCC12O3. The quantitative estimate of drug-likeness (QED) is 0.381. The van der Waals surface area contributed by atoms with Crippen molar-refractivity contribution in [3.05, 3.63) is 101 Å². The summed E-state index contributed by atoms with van der Waals surface area (Å²) in [6.07, 6.45) is 0.993. The van der Waals surface area contributed by atoms with Crippen molar-refractivity contribution in [3.63, 3.8) is 0 Å². The summed E-state index contributed by atoms with van der Waals surface area (Å²) in [5.41, 5.74) is 2.04. The lowest BCUT2D eigenvalue weighted by molar-refractivity contribution is -0.148. The highest BCUT2D eigenvalue weighted by atomic mass is 16.5. The lowest BCUT2D eigenvalue weighted by Crippen LogP contribution is -2.54. The van der Waals surface area contributed by atoms with Crippen LogP contribution < -0.4 is 10.6 Å². The van der Waals surface area contributed by atoms with Gasteiger partial charge in [-0.2, -0.15) is 0 Å². The number of aliphatic hydroxyl groups excluding tert-OH is 1. The molecule has 2 unspecified atom stereocenters. The molecule has 3 saturated heterocycles. The van der Waals surface area contributed by atoms with E-state index in [1.807, 2.05) is 99.6 Å². The number of aliphatic hydroxyl groups is 1. The monoisotopic (exact) mass is 567 g/mol. The number of anilines is 1. The highest BCUT2D eigenvalue weighted by Gasteiger charge is 2.78. The van der Waals surface area contributed by atoms with Crippen LogP contribution in [0.5, 0.6) is 0 Å². The minimum Gasteiger partial charge on any atom is -0.394 e. The number of nitrogens with zero attached hydrogens (tertiary/aromatic N) is 1. The number of carbonyl (C=O) groups excluding carboxylic acids is 3. The number of ether oxygens (including phenoxy) is 1. The third kappa shape index (κ3) is 4.41. The fraction of sp³-hybridized carbons (Fsp3) is 0.382. The number of hydrogen-bond donors (Lipinski definition) is 3.